The van der Waals surface area contributed by atoms with Crippen molar-refractivity contribution in [3.05, 3.63) is 22.2 Å². The molecule has 1 N–H and O–H groups in total. The highest BCUT2D eigenvalue weighted by atomic mass is 35.5. The topological polar surface area (TPSA) is 30.5 Å². The van der Waals surface area contributed by atoms with Gasteiger partial charge in [0.15, 0.2) is 11.5 Å². The molecule has 0 aliphatic carbocycles. The number of rotatable bonds is 4. The molecular formula is C15H22ClNO2. The Morgan fingerprint density at radius 2 is 2.11 bits per heavy atom. The number of hydrogen-bond acceptors (Lipinski definition) is 3. The third-order valence-electron chi connectivity index (χ3n) is 3.60. The zero-order valence-corrected chi connectivity index (χ0v) is 12.8. The highest BCUT2D eigenvalue weighted by Crippen LogP contribution is 2.43. The summed E-state index contributed by atoms with van der Waals surface area (Å²) in [6.07, 6.45) is 2.03. The van der Waals surface area contributed by atoms with Crippen molar-refractivity contribution in [3.8, 4) is 11.5 Å². The average molecular weight is 284 g/mol. The van der Waals surface area contributed by atoms with E-state index in [1.165, 1.54) is 11.1 Å². The fraction of sp³-hybridized carbons (Fsp3) is 0.600. The molecule has 1 atom stereocenters. The van der Waals surface area contributed by atoms with Gasteiger partial charge in [0.2, 0.25) is 0 Å². The Kier molecular flexibility index (Phi) is 4.58. The Balaban J connectivity index is 2.48. The quantitative estimate of drug-likeness (QED) is 0.916. The highest BCUT2D eigenvalue weighted by molar-refractivity contribution is 6.33. The lowest BCUT2D eigenvalue weighted by Crippen LogP contribution is -2.31. The zero-order chi connectivity index (χ0) is 14.0. The lowest BCUT2D eigenvalue weighted by Gasteiger charge is -2.30. The van der Waals surface area contributed by atoms with Gasteiger partial charge in [-0.3, -0.25) is 0 Å². The molecule has 0 saturated heterocycles. The predicted octanol–water partition coefficient (Wildman–Crippen LogP) is 3.59. The van der Waals surface area contributed by atoms with Crippen LogP contribution in [0.4, 0.5) is 0 Å². The maximum Gasteiger partial charge on any atom is 0.179 e. The first-order chi connectivity index (χ1) is 9.08. The third-order valence-corrected chi connectivity index (χ3v) is 4.00. The van der Waals surface area contributed by atoms with E-state index in [4.69, 9.17) is 21.1 Å². The number of nitrogens with one attached hydrogen (secondary N) is 1. The van der Waals surface area contributed by atoms with Crippen LogP contribution in [-0.4, -0.2) is 20.8 Å². The van der Waals surface area contributed by atoms with Crippen molar-refractivity contribution in [1.82, 2.24) is 5.32 Å². The molecule has 3 nitrogen and oxygen atoms in total. The molecule has 0 saturated carbocycles. The van der Waals surface area contributed by atoms with Gasteiger partial charge in [0.25, 0.3) is 0 Å². The zero-order valence-electron chi connectivity index (χ0n) is 12.0. The number of fused-ring (bicyclic) bond motifs is 1. The van der Waals surface area contributed by atoms with Crippen LogP contribution in [0, 0.1) is 5.92 Å². The van der Waals surface area contributed by atoms with Crippen molar-refractivity contribution in [2.75, 3.05) is 20.8 Å². The maximum atomic E-state index is 6.48. The van der Waals surface area contributed by atoms with Crippen LogP contribution in [-0.2, 0) is 6.42 Å². The minimum Gasteiger partial charge on any atom is -0.493 e. The molecule has 0 fully saturated rings. The second kappa shape index (κ2) is 6.02. The Morgan fingerprint density at radius 1 is 1.37 bits per heavy atom. The largest absolute Gasteiger partial charge is 0.493 e. The van der Waals surface area contributed by atoms with Gasteiger partial charge < -0.3 is 14.8 Å². The van der Waals surface area contributed by atoms with E-state index >= 15 is 0 Å². The normalized spacial score (nSPS) is 18.3. The fourth-order valence-electron chi connectivity index (χ4n) is 2.74. The molecule has 1 unspecified atom stereocenters. The van der Waals surface area contributed by atoms with E-state index in [9.17, 15) is 0 Å². The number of ether oxygens (including phenoxy) is 2. The van der Waals surface area contributed by atoms with Crippen molar-refractivity contribution in [2.45, 2.75) is 32.7 Å². The number of hydrogen-bond donors (Lipinski definition) is 1. The van der Waals surface area contributed by atoms with Crippen molar-refractivity contribution >= 4 is 11.6 Å². The maximum absolute atomic E-state index is 6.48. The summed E-state index contributed by atoms with van der Waals surface area (Å²) in [5.74, 6) is 1.99. The lowest BCUT2D eigenvalue weighted by molar-refractivity contribution is 0.350. The smallest absolute Gasteiger partial charge is 0.179 e. The van der Waals surface area contributed by atoms with Crippen molar-refractivity contribution in [2.24, 2.45) is 5.92 Å². The van der Waals surface area contributed by atoms with E-state index in [2.05, 4.69) is 25.2 Å². The van der Waals surface area contributed by atoms with Gasteiger partial charge in [0.1, 0.15) is 0 Å². The number of benzene rings is 1. The summed E-state index contributed by atoms with van der Waals surface area (Å²) in [6, 6.07) is 2.42. The summed E-state index contributed by atoms with van der Waals surface area (Å²) in [7, 11) is 3.27. The molecule has 1 aliphatic rings. The highest BCUT2D eigenvalue weighted by Gasteiger charge is 2.26. The van der Waals surface area contributed by atoms with Gasteiger partial charge in [-0.1, -0.05) is 25.4 Å². The first-order valence-corrected chi connectivity index (χ1v) is 7.12. The minimum atomic E-state index is 0.348. The molecule has 0 amide bonds. The summed E-state index contributed by atoms with van der Waals surface area (Å²) in [4.78, 5) is 0. The van der Waals surface area contributed by atoms with Gasteiger partial charge in [-0.05, 0) is 42.5 Å². The van der Waals surface area contributed by atoms with E-state index in [0.717, 1.165) is 19.4 Å². The standard InChI is InChI=1S/C15H22ClNO2/c1-9(2)7-12-11-8-13(18-3)15(19-4)14(16)10(11)5-6-17-12/h8-9,12,17H,5-7H2,1-4H3. The molecule has 1 aliphatic heterocycles. The Labute approximate surface area is 120 Å². The van der Waals surface area contributed by atoms with Gasteiger partial charge in [0, 0.05) is 6.04 Å². The molecule has 1 aromatic rings. The summed E-state index contributed by atoms with van der Waals surface area (Å²) >= 11 is 6.48. The molecule has 4 heteroatoms. The van der Waals surface area contributed by atoms with Gasteiger partial charge in [-0.2, -0.15) is 0 Å². The summed E-state index contributed by atoms with van der Waals surface area (Å²) in [5.41, 5.74) is 2.45. The molecule has 19 heavy (non-hydrogen) atoms. The van der Waals surface area contributed by atoms with E-state index < -0.39 is 0 Å². The van der Waals surface area contributed by atoms with Gasteiger partial charge in [0.05, 0.1) is 19.2 Å². The predicted molar refractivity (Wildman–Crippen MR) is 78.5 cm³/mol. The van der Waals surface area contributed by atoms with Crippen LogP contribution in [0.5, 0.6) is 11.5 Å². The molecule has 0 radical (unpaired) electrons. The Morgan fingerprint density at radius 3 is 2.68 bits per heavy atom. The second-order valence-corrected chi connectivity index (χ2v) is 5.76. The summed E-state index contributed by atoms with van der Waals surface area (Å²) < 4.78 is 10.8. The Hall–Kier alpha value is -0.930. The molecule has 0 spiro atoms. The minimum absolute atomic E-state index is 0.348. The van der Waals surface area contributed by atoms with Crippen molar-refractivity contribution < 1.29 is 9.47 Å². The van der Waals surface area contributed by atoms with Gasteiger partial charge in [-0.15, -0.1) is 0 Å². The van der Waals surface area contributed by atoms with Crippen LogP contribution < -0.4 is 14.8 Å². The summed E-state index contributed by atoms with van der Waals surface area (Å²) in [5, 5.41) is 4.27. The monoisotopic (exact) mass is 283 g/mol. The van der Waals surface area contributed by atoms with E-state index in [0.29, 0.717) is 28.5 Å². The van der Waals surface area contributed by atoms with E-state index in [-0.39, 0.29) is 0 Å². The average Bonchev–Trinajstić information content (AvgIpc) is 2.38. The van der Waals surface area contributed by atoms with Crippen LogP contribution in [0.15, 0.2) is 6.07 Å². The molecule has 0 bridgehead atoms. The molecule has 106 valence electrons. The van der Waals surface area contributed by atoms with Crippen LogP contribution >= 0.6 is 11.6 Å². The van der Waals surface area contributed by atoms with Crippen LogP contribution in [0.2, 0.25) is 5.02 Å². The van der Waals surface area contributed by atoms with Crippen LogP contribution in [0.1, 0.15) is 37.4 Å². The lowest BCUT2D eigenvalue weighted by atomic mass is 9.88. The second-order valence-electron chi connectivity index (χ2n) is 5.38. The van der Waals surface area contributed by atoms with E-state index in [1.54, 1.807) is 14.2 Å². The first-order valence-electron chi connectivity index (χ1n) is 6.75. The van der Waals surface area contributed by atoms with Crippen LogP contribution in [0.3, 0.4) is 0 Å². The molecule has 1 aromatic carbocycles. The SMILES string of the molecule is COc1cc2c(c(Cl)c1OC)CCNC2CC(C)C. The Bertz CT molecular complexity index is 460. The van der Waals surface area contributed by atoms with Crippen LogP contribution in [0.25, 0.3) is 0 Å². The first kappa shape index (κ1) is 14.5. The van der Waals surface area contributed by atoms with Crippen molar-refractivity contribution in [3.63, 3.8) is 0 Å². The summed E-state index contributed by atoms with van der Waals surface area (Å²) in [6.45, 7) is 5.43. The van der Waals surface area contributed by atoms with Gasteiger partial charge >= 0.3 is 0 Å². The molecule has 0 aromatic heterocycles. The third kappa shape index (κ3) is 2.82. The molecule has 2 rings (SSSR count). The number of methoxy groups -OCH3 is 2. The number of halogens is 1. The molecule has 1 heterocycles. The van der Waals surface area contributed by atoms with Crippen molar-refractivity contribution in [1.29, 1.82) is 0 Å². The molecular weight excluding hydrogens is 262 g/mol. The fourth-order valence-corrected chi connectivity index (χ4v) is 3.11. The van der Waals surface area contributed by atoms with E-state index in [1.807, 2.05) is 0 Å². The van der Waals surface area contributed by atoms with Gasteiger partial charge in [-0.25, -0.2) is 0 Å².